The van der Waals surface area contributed by atoms with Gasteiger partial charge in [0.05, 0.1) is 30.7 Å². The maximum absolute atomic E-state index is 15.2. The molecule has 3 atom stereocenters. The lowest BCUT2D eigenvalue weighted by molar-refractivity contribution is -0.133. The van der Waals surface area contributed by atoms with E-state index < -0.39 is 23.2 Å². The average molecular weight is 702 g/mol. The Balaban J connectivity index is 1.32. The molecule has 2 N–H and O–H groups in total. The molecular formula is C44H51N3O5. The van der Waals surface area contributed by atoms with Gasteiger partial charge in [0.15, 0.2) is 0 Å². The van der Waals surface area contributed by atoms with Crippen LogP contribution in [0.3, 0.4) is 0 Å². The molecule has 1 aliphatic carbocycles. The van der Waals surface area contributed by atoms with Gasteiger partial charge in [-0.2, -0.15) is 0 Å². The quantitative estimate of drug-likeness (QED) is 0.139. The van der Waals surface area contributed by atoms with Crippen LogP contribution in [-0.4, -0.2) is 42.2 Å². The molecule has 3 amide bonds. The zero-order chi connectivity index (χ0) is 36.6. The molecule has 52 heavy (non-hydrogen) atoms. The van der Waals surface area contributed by atoms with E-state index in [9.17, 15) is 9.59 Å². The van der Waals surface area contributed by atoms with E-state index in [1.165, 1.54) is 0 Å². The summed E-state index contributed by atoms with van der Waals surface area (Å²) in [6.07, 6.45) is 3.63. The van der Waals surface area contributed by atoms with Crippen molar-refractivity contribution >= 4 is 23.6 Å². The Kier molecular flexibility index (Phi) is 11.8. The first-order valence-electron chi connectivity index (χ1n) is 18.6. The van der Waals surface area contributed by atoms with E-state index in [-0.39, 0.29) is 17.9 Å². The van der Waals surface area contributed by atoms with E-state index in [4.69, 9.17) is 9.47 Å². The lowest BCUT2D eigenvalue weighted by Crippen LogP contribution is -2.63. The van der Waals surface area contributed by atoms with Gasteiger partial charge in [0.1, 0.15) is 5.60 Å². The summed E-state index contributed by atoms with van der Waals surface area (Å²) >= 11 is 0. The van der Waals surface area contributed by atoms with Crippen molar-refractivity contribution in [2.45, 2.75) is 102 Å². The third-order valence-corrected chi connectivity index (χ3v) is 10.0. The Hall–Kier alpha value is -4.95. The summed E-state index contributed by atoms with van der Waals surface area (Å²) < 4.78 is 12.1. The topological polar surface area (TPSA) is 97.0 Å². The van der Waals surface area contributed by atoms with Gasteiger partial charge in [-0.15, -0.1) is 0 Å². The number of benzene rings is 4. The van der Waals surface area contributed by atoms with Crippen LogP contribution in [0.2, 0.25) is 0 Å². The Bertz CT molecular complexity index is 1810. The molecule has 6 rings (SSSR count). The third kappa shape index (κ3) is 8.91. The van der Waals surface area contributed by atoms with E-state index in [2.05, 4.69) is 28.8 Å². The summed E-state index contributed by atoms with van der Waals surface area (Å²) in [5.74, 6) is -0.0971. The van der Waals surface area contributed by atoms with Gasteiger partial charge in [0.25, 0.3) is 0 Å². The van der Waals surface area contributed by atoms with E-state index in [0.29, 0.717) is 51.8 Å². The number of anilines is 1. The number of alkyl carbamates (subject to hydrolysis) is 1. The number of amides is 3. The highest BCUT2D eigenvalue weighted by atomic mass is 16.6. The summed E-state index contributed by atoms with van der Waals surface area (Å²) in [4.78, 5) is 43.2. The predicted molar refractivity (Wildman–Crippen MR) is 204 cm³/mol. The van der Waals surface area contributed by atoms with Gasteiger partial charge in [0.2, 0.25) is 11.8 Å². The highest BCUT2D eigenvalue weighted by Gasteiger charge is 2.59. The summed E-state index contributed by atoms with van der Waals surface area (Å²) in [6, 6.07) is 35.8. The minimum atomic E-state index is -1.00. The summed E-state index contributed by atoms with van der Waals surface area (Å²) in [5, 5.41) is 6.25. The van der Waals surface area contributed by atoms with Crippen LogP contribution >= 0.6 is 0 Å². The smallest absolute Gasteiger partial charge is 0.407 e. The Morgan fingerprint density at radius 1 is 0.827 bits per heavy atom. The maximum Gasteiger partial charge on any atom is 0.407 e. The molecule has 1 saturated carbocycles. The second-order valence-electron chi connectivity index (χ2n) is 15.0. The van der Waals surface area contributed by atoms with Crippen molar-refractivity contribution < 1.29 is 23.9 Å². The maximum atomic E-state index is 15.2. The SMILES string of the molecule is CC(C)(C)OC(=O)NCCCc1ccc2c(c1)[C@]1(CCC[C@@H](OCc3ccccc3)[C@@H]1NC(=O)CCc1ccccc1)C(=O)N2Cc1ccccc1. The second-order valence-corrected chi connectivity index (χ2v) is 15.0. The van der Waals surface area contributed by atoms with Crippen LogP contribution < -0.4 is 15.5 Å². The fourth-order valence-corrected chi connectivity index (χ4v) is 7.60. The highest BCUT2D eigenvalue weighted by molar-refractivity contribution is 6.09. The van der Waals surface area contributed by atoms with Crippen LogP contribution in [-0.2, 0) is 50.5 Å². The van der Waals surface area contributed by atoms with Crippen LogP contribution in [0.25, 0.3) is 0 Å². The first kappa shape index (κ1) is 36.8. The molecule has 0 bridgehead atoms. The molecule has 1 spiro atoms. The van der Waals surface area contributed by atoms with Crippen molar-refractivity contribution in [3.63, 3.8) is 0 Å². The molecule has 0 aromatic heterocycles. The molecule has 8 nitrogen and oxygen atoms in total. The predicted octanol–water partition coefficient (Wildman–Crippen LogP) is 7.82. The highest BCUT2D eigenvalue weighted by Crippen LogP contribution is 2.51. The van der Waals surface area contributed by atoms with Gasteiger partial charge in [-0.25, -0.2) is 4.79 Å². The molecule has 1 heterocycles. The Morgan fingerprint density at radius 3 is 2.15 bits per heavy atom. The lowest BCUT2D eigenvalue weighted by atomic mass is 9.65. The zero-order valence-electron chi connectivity index (χ0n) is 30.6. The van der Waals surface area contributed by atoms with Crippen molar-refractivity contribution in [2.24, 2.45) is 0 Å². The minimum absolute atomic E-state index is 0.00327. The average Bonchev–Trinajstić information content (AvgIpc) is 3.36. The molecule has 0 radical (unpaired) electrons. The first-order chi connectivity index (χ1) is 25.1. The summed E-state index contributed by atoms with van der Waals surface area (Å²) in [7, 11) is 0. The van der Waals surface area contributed by atoms with E-state index >= 15 is 4.79 Å². The number of hydrogen-bond acceptors (Lipinski definition) is 5. The van der Waals surface area contributed by atoms with Crippen molar-refractivity contribution in [1.82, 2.24) is 10.6 Å². The number of aryl methyl sites for hydroxylation is 2. The minimum Gasteiger partial charge on any atom is -0.444 e. The lowest BCUT2D eigenvalue weighted by Gasteiger charge is -2.45. The van der Waals surface area contributed by atoms with E-state index in [0.717, 1.165) is 46.3 Å². The molecule has 2 aliphatic rings. The first-order valence-corrected chi connectivity index (χ1v) is 18.6. The standard InChI is InChI=1S/C44H51N3O5/c1-43(2,3)52-42(50)45-28-14-21-33-23-25-37-36(29-33)44(41(49)47(37)30-34-17-9-5-10-18-34)27-13-22-38(51-31-35-19-11-6-12-20-35)40(44)46-39(48)26-24-32-15-7-4-8-16-32/h4-12,15-20,23,25,29,38,40H,13-14,21-22,24,26-28,30-31H2,1-3H3,(H,45,50)(H,46,48)/t38-,40+,44+/m1/s1. The second kappa shape index (κ2) is 16.6. The number of nitrogens with one attached hydrogen (secondary N) is 2. The van der Waals surface area contributed by atoms with Crippen LogP contribution in [0.4, 0.5) is 10.5 Å². The van der Waals surface area contributed by atoms with E-state index in [1.54, 1.807) is 0 Å². The number of carbonyl (C=O) groups excluding carboxylic acids is 3. The molecule has 8 heteroatoms. The van der Waals surface area contributed by atoms with Crippen LogP contribution in [0.15, 0.2) is 109 Å². The van der Waals surface area contributed by atoms with Crippen molar-refractivity contribution in [2.75, 3.05) is 11.4 Å². The van der Waals surface area contributed by atoms with Crippen LogP contribution in [0.1, 0.15) is 80.7 Å². The molecule has 1 aliphatic heterocycles. The molecule has 0 saturated heterocycles. The van der Waals surface area contributed by atoms with Gasteiger partial charge in [-0.3, -0.25) is 9.59 Å². The number of hydrogen-bond donors (Lipinski definition) is 2. The normalized spacial score (nSPS) is 19.7. The molecule has 0 unspecified atom stereocenters. The summed E-state index contributed by atoms with van der Waals surface area (Å²) in [6.45, 7) is 6.81. The number of carbonyl (C=O) groups is 3. The summed E-state index contributed by atoms with van der Waals surface area (Å²) in [5.41, 5.74) is 4.48. The van der Waals surface area contributed by atoms with Gasteiger partial charge in [0, 0.05) is 18.7 Å². The Labute approximate surface area is 307 Å². The molecule has 4 aromatic carbocycles. The number of ether oxygens (including phenoxy) is 2. The van der Waals surface area contributed by atoms with Gasteiger partial charge < -0.3 is 25.0 Å². The van der Waals surface area contributed by atoms with Crippen LogP contribution in [0.5, 0.6) is 0 Å². The van der Waals surface area contributed by atoms with Gasteiger partial charge >= 0.3 is 6.09 Å². The fourth-order valence-electron chi connectivity index (χ4n) is 7.60. The zero-order valence-corrected chi connectivity index (χ0v) is 30.6. The molecule has 4 aromatic rings. The van der Waals surface area contributed by atoms with Crippen molar-refractivity contribution in [3.05, 3.63) is 137 Å². The van der Waals surface area contributed by atoms with E-state index in [1.807, 2.05) is 117 Å². The van der Waals surface area contributed by atoms with Gasteiger partial charge in [-0.1, -0.05) is 103 Å². The third-order valence-electron chi connectivity index (χ3n) is 10.0. The number of rotatable bonds is 13. The fraction of sp³-hybridized carbons (Fsp3) is 0.386. The monoisotopic (exact) mass is 701 g/mol. The van der Waals surface area contributed by atoms with Gasteiger partial charge in [-0.05, 0) is 93.2 Å². The molecule has 1 fully saturated rings. The molecule has 272 valence electrons. The Morgan fingerprint density at radius 2 is 1.48 bits per heavy atom. The number of nitrogens with zero attached hydrogens (tertiary/aromatic N) is 1. The molecular weight excluding hydrogens is 651 g/mol. The van der Waals surface area contributed by atoms with Crippen molar-refractivity contribution in [1.29, 1.82) is 0 Å². The number of fused-ring (bicyclic) bond motifs is 2. The van der Waals surface area contributed by atoms with Crippen LogP contribution in [0, 0.1) is 0 Å². The van der Waals surface area contributed by atoms with Crippen molar-refractivity contribution in [3.8, 4) is 0 Å². The largest absolute Gasteiger partial charge is 0.444 e.